The number of hydrogen-bond donors (Lipinski definition) is 4. The molecule has 0 N–H and O–H groups in total. The Morgan fingerprint density at radius 2 is 1.21 bits per heavy atom. The van der Waals surface area contributed by atoms with Crippen molar-refractivity contribution in [1.29, 1.82) is 0 Å². The monoisotopic (exact) mass is 262 g/mol. The summed E-state index contributed by atoms with van der Waals surface area (Å²) in [5, 5.41) is 0. The summed E-state index contributed by atoms with van der Waals surface area (Å²) in [6.45, 7) is 0. The summed E-state index contributed by atoms with van der Waals surface area (Å²) in [6, 6.07) is 4.30. The molecule has 0 unspecified atom stereocenters. The first-order chi connectivity index (χ1) is 6.76. The molecule has 0 aliphatic rings. The molecule has 0 fully saturated rings. The first-order valence-corrected chi connectivity index (χ1v) is 6.86. The van der Waals surface area contributed by atoms with Crippen LogP contribution in [0.3, 0.4) is 0 Å². The van der Waals surface area contributed by atoms with Gasteiger partial charge in [-0.25, -0.2) is 0 Å². The maximum atomic E-state index is 4.33. The highest BCUT2D eigenvalue weighted by Crippen LogP contribution is 2.23. The summed E-state index contributed by atoms with van der Waals surface area (Å²) in [5.74, 6) is 3.00. The van der Waals surface area contributed by atoms with Gasteiger partial charge in [0.1, 0.15) is 0 Å². The van der Waals surface area contributed by atoms with Crippen molar-refractivity contribution in [2.24, 2.45) is 0 Å². The Labute approximate surface area is 108 Å². The van der Waals surface area contributed by atoms with Crippen LogP contribution in [0.15, 0.2) is 12.1 Å². The van der Waals surface area contributed by atoms with Crippen LogP contribution in [0.25, 0.3) is 0 Å². The van der Waals surface area contributed by atoms with Crippen LogP contribution < -0.4 is 0 Å². The van der Waals surface area contributed by atoms with E-state index in [0.717, 1.165) is 23.0 Å². The van der Waals surface area contributed by atoms with Gasteiger partial charge in [0.05, 0.1) is 0 Å². The second kappa shape index (κ2) is 6.26. The van der Waals surface area contributed by atoms with Gasteiger partial charge in [0, 0.05) is 23.0 Å². The van der Waals surface area contributed by atoms with E-state index in [1.807, 2.05) is 0 Å². The average molecular weight is 262 g/mol. The molecule has 78 valence electrons. The van der Waals surface area contributed by atoms with Crippen molar-refractivity contribution in [3.05, 3.63) is 34.4 Å². The zero-order chi connectivity index (χ0) is 10.6. The third-order valence-corrected chi connectivity index (χ3v) is 3.54. The molecule has 0 aromatic heterocycles. The minimum absolute atomic E-state index is 0.748. The summed E-state index contributed by atoms with van der Waals surface area (Å²) < 4.78 is 0. The Morgan fingerprint density at radius 1 is 0.714 bits per heavy atom. The molecule has 0 heterocycles. The van der Waals surface area contributed by atoms with Crippen LogP contribution in [0.2, 0.25) is 0 Å². The molecule has 0 radical (unpaired) electrons. The molecule has 0 amide bonds. The lowest BCUT2D eigenvalue weighted by Crippen LogP contribution is -1.97. The van der Waals surface area contributed by atoms with Crippen molar-refractivity contribution in [2.75, 3.05) is 0 Å². The Balaban J connectivity index is 3.24. The van der Waals surface area contributed by atoms with Crippen molar-refractivity contribution < 1.29 is 0 Å². The molecule has 0 nitrogen and oxygen atoms in total. The van der Waals surface area contributed by atoms with E-state index >= 15 is 0 Å². The molecule has 0 aliphatic carbocycles. The number of benzene rings is 1. The van der Waals surface area contributed by atoms with E-state index in [4.69, 9.17) is 0 Å². The first kappa shape index (κ1) is 12.7. The van der Waals surface area contributed by atoms with Crippen molar-refractivity contribution in [1.82, 2.24) is 0 Å². The van der Waals surface area contributed by atoms with E-state index in [1.54, 1.807) is 0 Å². The predicted molar refractivity (Wildman–Crippen MR) is 77.2 cm³/mol. The fourth-order valence-electron chi connectivity index (χ4n) is 1.45. The van der Waals surface area contributed by atoms with Crippen LogP contribution in [0.1, 0.15) is 22.3 Å². The molecule has 0 bridgehead atoms. The Kier molecular flexibility index (Phi) is 5.67. The molecular formula is C10H14S4. The highest BCUT2D eigenvalue weighted by Gasteiger charge is 2.07. The van der Waals surface area contributed by atoms with Gasteiger partial charge in [-0.05, 0) is 22.3 Å². The Bertz CT molecular complexity index is 284. The summed E-state index contributed by atoms with van der Waals surface area (Å²) in [4.78, 5) is 0. The quantitative estimate of drug-likeness (QED) is 0.587. The van der Waals surface area contributed by atoms with Crippen LogP contribution >= 0.6 is 50.5 Å². The molecule has 0 saturated heterocycles. The Morgan fingerprint density at radius 3 is 1.50 bits per heavy atom. The highest BCUT2D eigenvalue weighted by molar-refractivity contribution is 7.80. The summed E-state index contributed by atoms with van der Waals surface area (Å²) in [7, 11) is 0. The molecule has 4 heteroatoms. The minimum Gasteiger partial charge on any atom is -0.175 e. The van der Waals surface area contributed by atoms with E-state index in [1.165, 1.54) is 22.3 Å². The van der Waals surface area contributed by atoms with E-state index in [2.05, 4.69) is 62.6 Å². The smallest absolute Gasteiger partial charge is 0.0160 e. The first-order valence-electron chi connectivity index (χ1n) is 4.33. The third-order valence-electron chi connectivity index (χ3n) is 2.18. The zero-order valence-corrected chi connectivity index (χ0v) is 11.3. The largest absolute Gasteiger partial charge is 0.175 e. The lowest BCUT2D eigenvalue weighted by molar-refractivity contribution is 1.19. The summed E-state index contributed by atoms with van der Waals surface area (Å²) >= 11 is 17.3. The predicted octanol–water partition coefficient (Wildman–Crippen LogP) is 3.41. The molecule has 0 aliphatic heterocycles. The Hall–Kier alpha value is 0.620. The van der Waals surface area contributed by atoms with Gasteiger partial charge in [0.25, 0.3) is 0 Å². The van der Waals surface area contributed by atoms with Crippen LogP contribution in [0.5, 0.6) is 0 Å². The number of rotatable bonds is 4. The van der Waals surface area contributed by atoms with Crippen LogP contribution in [-0.2, 0) is 23.0 Å². The topological polar surface area (TPSA) is 0 Å². The van der Waals surface area contributed by atoms with E-state index in [9.17, 15) is 0 Å². The maximum absolute atomic E-state index is 4.33. The lowest BCUT2D eigenvalue weighted by atomic mass is 10.0. The molecule has 0 saturated carbocycles. The van der Waals surface area contributed by atoms with Gasteiger partial charge < -0.3 is 0 Å². The molecule has 0 spiro atoms. The average Bonchev–Trinajstić information content (AvgIpc) is 2.26. The van der Waals surface area contributed by atoms with Gasteiger partial charge in [0.15, 0.2) is 0 Å². The number of hydrogen-bond acceptors (Lipinski definition) is 4. The molecular weight excluding hydrogens is 248 g/mol. The van der Waals surface area contributed by atoms with Gasteiger partial charge in [-0.2, -0.15) is 50.5 Å². The number of thiol groups is 4. The van der Waals surface area contributed by atoms with Gasteiger partial charge in [-0.15, -0.1) is 0 Å². The van der Waals surface area contributed by atoms with Crippen LogP contribution in [0, 0.1) is 0 Å². The summed E-state index contributed by atoms with van der Waals surface area (Å²) in [5.41, 5.74) is 4.99. The molecule has 1 aromatic carbocycles. The normalized spacial score (nSPS) is 10.6. The molecule has 0 atom stereocenters. The van der Waals surface area contributed by atoms with E-state index in [-0.39, 0.29) is 0 Å². The molecule has 14 heavy (non-hydrogen) atoms. The van der Waals surface area contributed by atoms with Gasteiger partial charge in [-0.3, -0.25) is 0 Å². The van der Waals surface area contributed by atoms with Crippen molar-refractivity contribution in [3.63, 3.8) is 0 Å². The fourth-order valence-corrected chi connectivity index (χ4v) is 2.60. The standard InChI is InChI=1S/C10H14S4/c11-3-7-1-8(4-12)10(6-14)9(2-7)5-13/h1-2,11-14H,3-6H2. The second-order valence-electron chi connectivity index (χ2n) is 3.03. The molecule has 1 aromatic rings. The van der Waals surface area contributed by atoms with Gasteiger partial charge >= 0.3 is 0 Å². The van der Waals surface area contributed by atoms with Crippen molar-refractivity contribution >= 4 is 50.5 Å². The SMILES string of the molecule is SCc1cc(CS)c(CS)c(CS)c1. The maximum Gasteiger partial charge on any atom is 0.0160 e. The summed E-state index contributed by atoms with van der Waals surface area (Å²) in [6.07, 6.45) is 0. The van der Waals surface area contributed by atoms with Crippen LogP contribution in [0.4, 0.5) is 0 Å². The molecule has 1 rings (SSSR count). The second-order valence-corrected chi connectivity index (χ2v) is 4.29. The van der Waals surface area contributed by atoms with E-state index in [0.29, 0.717) is 0 Å². The van der Waals surface area contributed by atoms with Gasteiger partial charge in [0.2, 0.25) is 0 Å². The minimum atomic E-state index is 0.748. The fraction of sp³-hybridized carbons (Fsp3) is 0.400. The lowest BCUT2D eigenvalue weighted by Gasteiger charge is -2.12. The van der Waals surface area contributed by atoms with Gasteiger partial charge in [-0.1, -0.05) is 12.1 Å². The highest BCUT2D eigenvalue weighted by atomic mass is 32.1. The third kappa shape index (κ3) is 2.81. The van der Waals surface area contributed by atoms with Crippen molar-refractivity contribution in [3.8, 4) is 0 Å². The van der Waals surface area contributed by atoms with E-state index < -0.39 is 0 Å². The zero-order valence-electron chi connectivity index (χ0n) is 7.77. The van der Waals surface area contributed by atoms with Crippen molar-refractivity contribution in [2.45, 2.75) is 23.0 Å². The van der Waals surface area contributed by atoms with Crippen LogP contribution in [-0.4, -0.2) is 0 Å².